The standard InChI is InChI=1S/C36H29BrClF3N6O3/c1-20-15-25-30(19-46(20)33(49)22-10-12-27(37)26(16-22)36(39,40)41)45-35(44-18-23-7-3-4-8-24(23)29-9-5-6-14-43-29)47(34(25)50)31-13-11-21(17-28(31)38)32(48)42-2/h3-14,16-17,20H,15,18-19H2,1-2H3,(H,42,48)(H,44,45). The Hall–Kier alpha value is -5.01. The van der Waals surface area contributed by atoms with E-state index in [4.69, 9.17) is 16.6 Å². The first-order valence-corrected chi connectivity index (χ1v) is 16.6. The second kappa shape index (κ2) is 14.1. The summed E-state index contributed by atoms with van der Waals surface area (Å²) in [5, 5.41) is 5.95. The highest BCUT2D eigenvalue weighted by molar-refractivity contribution is 9.10. The third-order valence-corrected chi connectivity index (χ3v) is 9.46. The number of hydrogen-bond donors (Lipinski definition) is 2. The quantitative estimate of drug-likeness (QED) is 0.180. The molecule has 1 unspecified atom stereocenters. The summed E-state index contributed by atoms with van der Waals surface area (Å²) in [4.78, 5) is 51.0. The molecule has 14 heteroatoms. The van der Waals surface area contributed by atoms with Gasteiger partial charge in [0.1, 0.15) is 0 Å². The second-order valence-corrected chi connectivity index (χ2v) is 12.9. The third kappa shape index (κ3) is 6.88. The smallest absolute Gasteiger partial charge is 0.355 e. The van der Waals surface area contributed by atoms with Gasteiger partial charge in [-0.2, -0.15) is 13.2 Å². The SMILES string of the molecule is CNC(=O)c1ccc(-n2c(NCc3ccccc3-c3ccccn3)nc3c(c2=O)CC(C)N(C(=O)c2ccc(Br)c(C(F)(F)F)c2)C3)c(Cl)c1. The lowest BCUT2D eigenvalue weighted by Gasteiger charge is -2.35. The zero-order chi connectivity index (χ0) is 35.7. The summed E-state index contributed by atoms with van der Waals surface area (Å²) in [6.07, 6.45) is -2.89. The number of anilines is 1. The molecular formula is C36H29BrClF3N6O3. The highest BCUT2D eigenvalue weighted by Gasteiger charge is 2.36. The van der Waals surface area contributed by atoms with Crippen molar-refractivity contribution in [3.05, 3.63) is 138 Å². The van der Waals surface area contributed by atoms with Crippen LogP contribution < -0.4 is 16.2 Å². The number of alkyl halides is 3. The van der Waals surface area contributed by atoms with Gasteiger partial charge in [0.05, 0.1) is 34.2 Å². The molecular weight excluding hydrogens is 737 g/mol. The van der Waals surface area contributed by atoms with Crippen molar-refractivity contribution in [2.75, 3.05) is 12.4 Å². The van der Waals surface area contributed by atoms with E-state index in [9.17, 15) is 27.6 Å². The minimum atomic E-state index is -4.67. The van der Waals surface area contributed by atoms with Crippen LogP contribution in [0.15, 0.2) is 94.3 Å². The van der Waals surface area contributed by atoms with Gasteiger partial charge in [-0.25, -0.2) is 9.55 Å². The predicted octanol–water partition coefficient (Wildman–Crippen LogP) is 7.29. The molecule has 6 rings (SSSR count). The maximum Gasteiger partial charge on any atom is 0.417 e. The fourth-order valence-corrected chi connectivity index (χ4v) is 6.65. The molecule has 2 aromatic heterocycles. The van der Waals surface area contributed by atoms with Gasteiger partial charge in [0.15, 0.2) is 0 Å². The fraction of sp³-hybridized carbons (Fsp3) is 0.194. The first-order chi connectivity index (χ1) is 23.9. The number of benzene rings is 3. The average Bonchev–Trinajstić information content (AvgIpc) is 3.10. The normalized spacial score (nSPS) is 14.2. The fourth-order valence-electron chi connectivity index (χ4n) is 5.91. The Kier molecular flexibility index (Phi) is 9.81. The minimum Gasteiger partial charge on any atom is -0.355 e. The predicted molar refractivity (Wildman–Crippen MR) is 187 cm³/mol. The van der Waals surface area contributed by atoms with Gasteiger partial charge in [-0.15, -0.1) is 0 Å². The lowest BCUT2D eigenvalue weighted by Crippen LogP contribution is -2.46. The lowest BCUT2D eigenvalue weighted by molar-refractivity contribution is -0.138. The lowest BCUT2D eigenvalue weighted by atomic mass is 9.98. The minimum absolute atomic E-state index is 0.0896. The molecule has 1 atom stereocenters. The van der Waals surface area contributed by atoms with E-state index in [1.807, 2.05) is 42.5 Å². The molecule has 0 saturated heterocycles. The first-order valence-electron chi connectivity index (χ1n) is 15.4. The van der Waals surface area contributed by atoms with Gasteiger partial charge in [-0.3, -0.25) is 19.4 Å². The second-order valence-electron chi connectivity index (χ2n) is 11.7. The van der Waals surface area contributed by atoms with Crippen molar-refractivity contribution in [3.8, 4) is 16.9 Å². The first kappa shape index (κ1) is 34.8. The Morgan fingerprint density at radius 3 is 2.46 bits per heavy atom. The van der Waals surface area contributed by atoms with Gasteiger partial charge in [-0.1, -0.05) is 57.9 Å². The van der Waals surface area contributed by atoms with Gasteiger partial charge >= 0.3 is 6.18 Å². The third-order valence-electron chi connectivity index (χ3n) is 8.47. The highest BCUT2D eigenvalue weighted by atomic mass is 79.9. The van der Waals surface area contributed by atoms with Gasteiger partial charge in [0.25, 0.3) is 17.4 Å². The molecule has 5 aromatic rings. The van der Waals surface area contributed by atoms with Crippen LogP contribution >= 0.6 is 27.5 Å². The zero-order valence-corrected chi connectivity index (χ0v) is 29.0. The average molecular weight is 766 g/mol. The summed E-state index contributed by atoms with van der Waals surface area (Å²) >= 11 is 9.62. The monoisotopic (exact) mass is 764 g/mol. The largest absolute Gasteiger partial charge is 0.417 e. The van der Waals surface area contributed by atoms with Crippen LogP contribution in [0.2, 0.25) is 5.02 Å². The summed E-state index contributed by atoms with van der Waals surface area (Å²) in [6, 6.07) is 20.5. The van der Waals surface area contributed by atoms with Gasteiger partial charge in [0.2, 0.25) is 5.95 Å². The molecule has 9 nitrogen and oxygen atoms in total. The van der Waals surface area contributed by atoms with E-state index in [-0.39, 0.29) is 52.1 Å². The van der Waals surface area contributed by atoms with Crippen molar-refractivity contribution in [2.24, 2.45) is 0 Å². The van der Waals surface area contributed by atoms with Crippen LogP contribution in [0.4, 0.5) is 19.1 Å². The summed E-state index contributed by atoms with van der Waals surface area (Å²) in [6.45, 7) is 1.81. The molecule has 0 spiro atoms. The molecule has 256 valence electrons. The number of amides is 2. The number of aromatic nitrogens is 3. The van der Waals surface area contributed by atoms with Crippen molar-refractivity contribution in [1.82, 2.24) is 24.8 Å². The number of nitrogens with zero attached hydrogens (tertiary/aromatic N) is 4. The summed E-state index contributed by atoms with van der Waals surface area (Å²) in [7, 11) is 1.49. The Morgan fingerprint density at radius 1 is 1.02 bits per heavy atom. The Morgan fingerprint density at radius 2 is 1.76 bits per heavy atom. The van der Waals surface area contributed by atoms with E-state index in [0.717, 1.165) is 22.9 Å². The van der Waals surface area contributed by atoms with E-state index in [2.05, 4.69) is 31.5 Å². The van der Waals surface area contributed by atoms with Crippen LogP contribution in [-0.4, -0.2) is 44.3 Å². The Balaban J connectivity index is 1.42. The molecule has 1 aliphatic rings. The molecule has 3 heterocycles. The number of pyridine rings is 1. The highest BCUT2D eigenvalue weighted by Crippen LogP contribution is 2.36. The van der Waals surface area contributed by atoms with Crippen molar-refractivity contribution >= 4 is 45.3 Å². The number of rotatable bonds is 7. The van der Waals surface area contributed by atoms with Crippen LogP contribution in [0.1, 0.15) is 50.0 Å². The van der Waals surface area contributed by atoms with Crippen molar-refractivity contribution in [2.45, 2.75) is 38.7 Å². The summed E-state index contributed by atoms with van der Waals surface area (Å²) < 4.78 is 42.1. The molecule has 0 radical (unpaired) electrons. The van der Waals surface area contributed by atoms with E-state index >= 15 is 0 Å². The topological polar surface area (TPSA) is 109 Å². The molecule has 0 bridgehead atoms. The number of carbonyl (C=O) groups is 2. The van der Waals surface area contributed by atoms with Gasteiger partial charge < -0.3 is 15.5 Å². The summed E-state index contributed by atoms with van der Waals surface area (Å²) in [5.41, 5.74) is 2.12. The molecule has 2 N–H and O–H groups in total. The van der Waals surface area contributed by atoms with Crippen LogP contribution in [-0.2, 0) is 25.7 Å². The van der Waals surface area contributed by atoms with Crippen molar-refractivity contribution < 1.29 is 22.8 Å². The van der Waals surface area contributed by atoms with E-state index in [1.54, 1.807) is 25.3 Å². The molecule has 2 amide bonds. The zero-order valence-electron chi connectivity index (χ0n) is 26.7. The number of carbonyl (C=O) groups excluding carboxylic acids is 2. The van der Waals surface area contributed by atoms with Crippen LogP contribution in [0.3, 0.4) is 0 Å². The molecule has 3 aromatic carbocycles. The molecule has 0 aliphatic carbocycles. The van der Waals surface area contributed by atoms with E-state index in [0.29, 0.717) is 16.8 Å². The van der Waals surface area contributed by atoms with Crippen molar-refractivity contribution in [3.63, 3.8) is 0 Å². The molecule has 0 saturated carbocycles. The molecule has 50 heavy (non-hydrogen) atoms. The Labute approximate surface area is 298 Å². The maximum absolute atomic E-state index is 14.3. The van der Waals surface area contributed by atoms with Gasteiger partial charge in [-0.05, 0) is 67.4 Å². The number of nitrogens with one attached hydrogen (secondary N) is 2. The van der Waals surface area contributed by atoms with Crippen LogP contribution in [0.25, 0.3) is 16.9 Å². The number of hydrogen-bond acceptors (Lipinski definition) is 6. The van der Waals surface area contributed by atoms with Crippen molar-refractivity contribution in [1.29, 1.82) is 0 Å². The van der Waals surface area contributed by atoms with Gasteiger partial charge in [0, 0.05) is 52.6 Å². The number of fused-ring (bicyclic) bond motifs is 1. The Bertz CT molecular complexity index is 2180. The van der Waals surface area contributed by atoms with Crippen LogP contribution in [0.5, 0.6) is 0 Å². The number of halogens is 5. The maximum atomic E-state index is 14.3. The summed E-state index contributed by atoms with van der Waals surface area (Å²) in [5.74, 6) is -0.867. The van der Waals surface area contributed by atoms with Crippen LogP contribution in [0, 0.1) is 0 Å². The van der Waals surface area contributed by atoms with E-state index < -0.39 is 29.2 Å². The van der Waals surface area contributed by atoms with E-state index in [1.165, 1.54) is 34.7 Å². The molecule has 1 aliphatic heterocycles. The molecule has 0 fully saturated rings.